The highest BCUT2D eigenvalue weighted by molar-refractivity contribution is 5.83. The predicted molar refractivity (Wildman–Crippen MR) is 92.0 cm³/mol. The van der Waals surface area contributed by atoms with Crippen molar-refractivity contribution in [3.63, 3.8) is 0 Å². The van der Waals surface area contributed by atoms with Gasteiger partial charge >= 0.3 is 0 Å². The Morgan fingerprint density at radius 3 is 1.14 bits per heavy atom. The maximum atomic E-state index is 9.39. The largest absolute Gasteiger partial charge is 0.508 e. The molecule has 0 amide bonds. The summed E-state index contributed by atoms with van der Waals surface area (Å²) in [6.45, 7) is 4.00. The molecule has 2 N–H and O–H groups in total. The second kappa shape index (κ2) is 7.32. The van der Waals surface area contributed by atoms with Crippen molar-refractivity contribution < 1.29 is 10.2 Å². The molecule has 0 saturated carbocycles. The summed E-state index contributed by atoms with van der Waals surface area (Å²) in [6.07, 6.45) is 0. The van der Waals surface area contributed by atoms with Gasteiger partial charge in [-0.15, -0.1) is 0 Å². The van der Waals surface area contributed by atoms with Crippen LogP contribution in [0, 0.1) is 0 Å². The number of benzene rings is 3. The van der Waals surface area contributed by atoms with Crippen LogP contribution in [0.4, 0.5) is 0 Å². The topological polar surface area (TPSA) is 40.5 Å². The van der Waals surface area contributed by atoms with Crippen molar-refractivity contribution >= 4 is 0 Å². The smallest absolute Gasteiger partial charge is 0.115 e. The van der Waals surface area contributed by atoms with Crippen molar-refractivity contribution in [3.05, 3.63) is 72.8 Å². The standard InChI is InChI=1S/C18H14O2.C2H6/c19-15-9-5-13(6-10-15)17-3-1-2-4-18(17)14-7-11-16(20)12-8-14;1-2/h1-12,19-20H;1-2H3. The SMILES string of the molecule is CC.Oc1ccc(-c2ccccc2-c2ccc(O)cc2)cc1. The Kier molecular flexibility index (Phi) is 5.21. The lowest BCUT2D eigenvalue weighted by Gasteiger charge is -2.10. The Morgan fingerprint density at radius 1 is 0.500 bits per heavy atom. The fourth-order valence-corrected chi connectivity index (χ4v) is 2.27. The van der Waals surface area contributed by atoms with E-state index < -0.39 is 0 Å². The van der Waals surface area contributed by atoms with Crippen LogP contribution in [0.2, 0.25) is 0 Å². The molecule has 0 atom stereocenters. The highest BCUT2D eigenvalue weighted by Crippen LogP contribution is 2.33. The number of aromatic hydroxyl groups is 2. The van der Waals surface area contributed by atoms with Gasteiger partial charge in [-0.25, -0.2) is 0 Å². The van der Waals surface area contributed by atoms with Crippen molar-refractivity contribution in [2.45, 2.75) is 13.8 Å². The minimum atomic E-state index is 0.260. The first-order chi connectivity index (χ1) is 10.7. The third kappa shape index (κ3) is 3.47. The van der Waals surface area contributed by atoms with E-state index in [0.29, 0.717) is 0 Å². The molecular weight excluding hydrogens is 272 g/mol. The van der Waals surface area contributed by atoms with Gasteiger partial charge in [0.25, 0.3) is 0 Å². The molecule has 0 aliphatic rings. The van der Waals surface area contributed by atoms with Crippen LogP contribution in [0.3, 0.4) is 0 Å². The average molecular weight is 292 g/mol. The van der Waals surface area contributed by atoms with Gasteiger partial charge in [-0.2, -0.15) is 0 Å². The molecule has 0 aliphatic heterocycles. The summed E-state index contributed by atoms with van der Waals surface area (Å²) in [5.74, 6) is 0.520. The van der Waals surface area contributed by atoms with E-state index >= 15 is 0 Å². The van der Waals surface area contributed by atoms with E-state index in [1.807, 2.05) is 50.2 Å². The molecule has 0 bridgehead atoms. The molecule has 112 valence electrons. The lowest BCUT2D eigenvalue weighted by Crippen LogP contribution is -1.84. The van der Waals surface area contributed by atoms with Gasteiger partial charge in [0.1, 0.15) is 11.5 Å². The van der Waals surface area contributed by atoms with Crippen molar-refractivity contribution in [2.75, 3.05) is 0 Å². The van der Waals surface area contributed by atoms with E-state index in [2.05, 4.69) is 12.1 Å². The normalized spacial score (nSPS) is 9.73. The zero-order chi connectivity index (χ0) is 15.9. The summed E-state index contributed by atoms with van der Waals surface area (Å²) in [6, 6.07) is 22.4. The molecule has 0 heterocycles. The van der Waals surface area contributed by atoms with Gasteiger partial charge in [0.15, 0.2) is 0 Å². The van der Waals surface area contributed by atoms with Gasteiger partial charge < -0.3 is 10.2 Å². The lowest BCUT2D eigenvalue weighted by molar-refractivity contribution is 0.475. The van der Waals surface area contributed by atoms with Gasteiger partial charge in [-0.05, 0) is 46.5 Å². The van der Waals surface area contributed by atoms with E-state index in [9.17, 15) is 10.2 Å². The molecule has 0 saturated heterocycles. The number of hydrogen-bond acceptors (Lipinski definition) is 2. The molecule has 0 aliphatic carbocycles. The third-order valence-electron chi connectivity index (χ3n) is 3.28. The maximum Gasteiger partial charge on any atom is 0.115 e. The molecule has 2 heteroatoms. The van der Waals surface area contributed by atoms with Gasteiger partial charge in [0.2, 0.25) is 0 Å². The quantitative estimate of drug-likeness (QED) is 0.658. The summed E-state index contributed by atoms with van der Waals surface area (Å²) >= 11 is 0. The molecule has 0 radical (unpaired) electrons. The molecule has 2 nitrogen and oxygen atoms in total. The van der Waals surface area contributed by atoms with Gasteiger partial charge in [-0.3, -0.25) is 0 Å². The molecule has 0 unspecified atom stereocenters. The summed E-state index contributed by atoms with van der Waals surface area (Å²) < 4.78 is 0. The number of phenolic OH excluding ortho intramolecular Hbond substituents is 2. The zero-order valence-corrected chi connectivity index (χ0v) is 12.8. The van der Waals surface area contributed by atoms with Gasteiger partial charge in [0.05, 0.1) is 0 Å². The maximum absolute atomic E-state index is 9.39. The second-order valence-electron chi connectivity index (χ2n) is 4.64. The minimum Gasteiger partial charge on any atom is -0.508 e. The highest BCUT2D eigenvalue weighted by atomic mass is 16.3. The Labute approximate surface area is 131 Å². The zero-order valence-electron chi connectivity index (χ0n) is 12.8. The molecule has 0 aromatic heterocycles. The molecule has 3 aromatic carbocycles. The first-order valence-electron chi connectivity index (χ1n) is 7.42. The van der Waals surface area contributed by atoms with Crippen molar-refractivity contribution in [1.29, 1.82) is 0 Å². The third-order valence-corrected chi connectivity index (χ3v) is 3.28. The molecule has 3 rings (SSSR count). The van der Waals surface area contributed by atoms with E-state index in [4.69, 9.17) is 0 Å². The van der Waals surface area contributed by atoms with Crippen LogP contribution in [0.15, 0.2) is 72.8 Å². The Morgan fingerprint density at radius 2 is 0.818 bits per heavy atom. The van der Waals surface area contributed by atoms with E-state index in [0.717, 1.165) is 22.3 Å². The van der Waals surface area contributed by atoms with E-state index in [-0.39, 0.29) is 11.5 Å². The van der Waals surface area contributed by atoms with Gasteiger partial charge in [0, 0.05) is 0 Å². The van der Waals surface area contributed by atoms with Crippen LogP contribution in [-0.4, -0.2) is 10.2 Å². The van der Waals surface area contributed by atoms with Crippen LogP contribution in [0.5, 0.6) is 11.5 Å². The molecular formula is C20H20O2. The summed E-state index contributed by atoms with van der Waals surface area (Å²) in [4.78, 5) is 0. The fourth-order valence-electron chi connectivity index (χ4n) is 2.27. The Bertz CT molecular complexity index is 649. The monoisotopic (exact) mass is 292 g/mol. The minimum absolute atomic E-state index is 0.260. The first-order valence-corrected chi connectivity index (χ1v) is 7.42. The Hall–Kier alpha value is -2.74. The van der Waals surface area contributed by atoms with Crippen molar-refractivity contribution in [3.8, 4) is 33.8 Å². The Balaban J connectivity index is 0.000000847. The molecule has 3 aromatic rings. The van der Waals surface area contributed by atoms with Crippen LogP contribution < -0.4 is 0 Å². The van der Waals surface area contributed by atoms with Crippen LogP contribution in [-0.2, 0) is 0 Å². The summed E-state index contributed by atoms with van der Waals surface area (Å²) in [5, 5.41) is 18.8. The first kappa shape index (κ1) is 15.6. The lowest BCUT2D eigenvalue weighted by atomic mass is 9.94. The fraction of sp³-hybridized carbons (Fsp3) is 0.100. The van der Waals surface area contributed by atoms with Crippen LogP contribution in [0.25, 0.3) is 22.3 Å². The van der Waals surface area contributed by atoms with Gasteiger partial charge in [-0.1, -0.05) is 62.4 Å². The van der Waals surface area contributed by atoms with E-state index in [1.54, 1.807) is 24.3 Å². The molecule has 0 fully saturated rings. The summed E-state index contributed by atoms with van der Waals surface area (Å²) in [5.41, 5.74) is 4.29. The predicted octanol–water partition coefficient (Wildman–Crippen LogP) is 5.46. The van der Waals surface area contributed by atoms with Crippen molar-refractivity contribution in [1.82, 2.24) is 0 Å². The number of rotatable bonds is 2. The molecule has 0 spiro atoms. The number of phenols is 2. The van der Waals surface area contributed by atoms with E-state index in [1.165, 1.54) is 0 Å². The van der Waals surface area contributed by atoms with Crippen molar-refractivity contribution in [2.24, 2.45) is 0 Å². The average Bonchev–Trinajstić information content (AvgIpc) is 2.58. The highest BCUT2D eigenvalue weighted by Gasteiger charge is 2.06. The summed E-state index contributed by atoms with van der Waals surface area (Å²) in [7, 11) is 0. The molecule has 22 heavy (non-hydrogen) atoms. The van der Waals surface area contributed by atoms with Crippen LogP contribution in [0.1, 0.15) is 13.8 Å². The second-order valence-corrected chi connectivity index (χ2v) is 4.64. The van der Waals surface area contributed by atoms with Crippen LogP contribution >= 0.6 is 0 Å². The number of hydrogen-bond donors (Lipinski definition) is 2.